The number of H-pyrrole nitrogens is 1. The Hall–Kier alpha value is -1.52. The van der Waals surface area contributed by atoms with Gasteiger partial charge < -0.3 is 10.8 Å². The van der Waals surface area contributed by atoms with E-state index in [1.165, 1.54) is 0 Å². The van der Waals surface area contributed by atoms with Crippen molar-refractivity contribution in [1.29, 1.82) is 0 Å². The molecule has 0 unspecified atom stereocenters. The maximum Gasteiger partial charge on any atom is 0.293 e. The number of aromatic hydroxyl groups is 1. The fourth-order valence-electron chi connectivity index (χ4n) is 0.546. The molecule has 0 radical (unpaired) electrons. The standard InChI is InChI=1S/C5H7N3O2/c1-2-4(9)8-5(10)3(6)7-2/h1H3,(H2,6,7)(H2,8,9,10). The molecule has 0 aliphatic rings. The fraction of sp³-hybridized carbons (Fsp3) is 0.200. The third-order valence-corrected chi connectivity index (χ3v) is 1.10. The molecular weight excluding hydrogens is 134 g/mol. The number of aromatic nitrogens is 2. The van der Waals surface area contributed by atoms with Gasteiger partial charge in [-0.05, 0) is 6.92 Å². The average molecular weight is 141 g/mol. The second-order valence-electron chi connectivity index (χ2n) is 1.89. The van der Waals surface area contributed by atoms with Gasteiger partial charge in [-0.15, -0.1) is 0 Å². The largest absolute Gasteiger partial charge is 0.493 e. The van der Waals surface area contributed by atoms with Gasteiger partial charge in [0.2, 0.25) is 5.88 Å². The zero-order valence-electron chi connectivity index (χ0n) is 5.38. The van der Waals surface area contributed by atoms with Crippen molar-refractivity contribution in [2.75, 3.05) is 5.73 Å². The molecule has 0 aliphatic carbocycles. The number of nitrogens with one attached hydrogen (secondary N) is 1. The van der Waals surface area contributed by atoms with E-state index in [4.69, 9.17) is 10.8 Å². The molecule has 0 fully saturated rings. The predicted molar refractivity (Wildman–Crippen MR) is 35.7 cm³/mol. The van der Waals surface area contributed by atoms with Gasteiger partial charge in [0.1, 0.15) is 0 Å². The van der Waals surface area contributed by atoms with E-state index in [9.17, 15) is 4.79 Å². The summed E-state index contributed by atoms with van der Waals surface area (Å²) in [5.41, 5.74) is 4.87. The SMILES string of the molecule is Cc1nc(N)c(=O)[nH]c1O. The summed E-state index contributed by atoms with van der Waals surface area (Å²) in [6, 6.07) is 0. The molecule has 4 N–H and O–H groups in total. The van der Waals surface area contributed by atoms with Crippen molar-refractivity contribution in [2.45, 2.75) is 6.92 Å². The highest BCUT2D eigenvalue weighted by atomic mass is 16.3. The molecule has 1 rings (SSSR count). The Bertz CT molecular complexity index is 304. The highest BCUT2D eigenvalue weighted by molar-refractivity contribution is 5.29. The van der Waals surface area contributed by atoms with E-state index in [0.717, 1.165) is 0 Å². The van der Waals surface area contributed by atoms with Gasteiger partial charge in [0.05, 0.1) is 5.69 Å². The summed E-state index contributed by atoms with van der Waals surface area (Å²) in [6.45, 7) is 1.54. The highest BCUT2D eigenvalue weighted by Gasteiger charge is 2.00. The lowest BCUT2D eigenvalue weighted by molar-refractivity contribution is 0.443. The van der Waals surface area contributed by atoms with Crippen molar-refractivity contribution in [3.8, 4) is 5.88 Å². The summed E-state index contributed by atoms with van der Waals surface area (Å²) in [4.78, 5) is 16.3. The van der Waals surface area contributed by atoms with Crippen LogP contribution in [-0.2, 0) is 0 Å². The van der Waals surface area contributed by atoms with E-state index in [1.807, 2.05) is 0 Å². The maximum absolute atomic E-state index is 10.6. The van der Waals surface area contributed by atoms with Gasteiger partial charge in [0, 0.05) is 0 Å². The van der Waals surface area contributed by atoms with E-state index in [0.29, 0.717) is 5.69 Å². The van der Waals surface area contributed by atoms with Crippen LogP contribution in [0.15, 0.2) is 4.79 Å². The number of hydrogen-bond acceptors (Lipinski definition) is 4. The number of aryl methyl sites for hydroxylation is 1. The molecule has 0 aliphatic heterocycles. The van der Waals surface area contributed by atoms with Crippen molar-refractivity contribution in [1.82, 2.24) is 9.97 Å². The average Bonchev–Trinajstić information content (AvgIpc) is 1.84. The predicted octanol–water partition coefficient (Wildman–Crippen LogP) is -0.634. The van der Waals surface area contributed by atoms with E-state index in [2.05, 4.69) is 9.97 Å². The molecule has 0 saturated carbocycles. The van der Waals surface area contributed by atoms with E-state index < -0.39 is 5.56 Å². The van der Waals surface area contributed by atoms with Crippen LogP contribution in [0.2, 0.25) is 0 Å². The molecule has 5 nitrogen and oxygen atoms in total. The van der Waals surface area contributed by atoms with Gasteiger partial charge in [0.15, 0.2) is 5.82 Å². The molecule has 0 bridgehead atoms. The Morgan fingerprint density at radius 1 is 1.70 bits per heavy atom. The third kappa shape index (κ3) is 0.928. The molecule has 10 heavy (non-hydrogen) atoms. The van der Waals surface area contributed by atoms with Crippen molar-refractivity contribution >= 4 is 5.82 Å². The highest BCUT2D eigenvalue weighted by Crippen LogP contribution is 2.05. The van der Waals surface area contributed by atoms with Crippen LogP contribution in [0.25, 0.3) is 0 Å². The molecule has 0 amide bonds. The molecule has 5 heteroatoms. The Morgan fingerprint density at radius 2 is 2.30 bits per heavy atom. The van der Waals surface area contributed by atoms with Gasteiger partial charge in [-0.25, -0.2) is 4.98 Å². The molecule has 54 valence electrons. The summed E-state index contributed by atoms with van der Waals surface area (Å²) in [5.74, 6) is -0.366. The first kappa shape index (κ1) is 6.60. The van der Waals surface area contributed by atoms with Crippen LogP contribution in [0.1, 0.15) is 5.69 Å². The number of hydrogen-bond donors (Lipinski definition) is 3. The Kier molecular flexibility index (Phi) is 1.33. The molecular formula is C5H7N3O2. The number of anilines is 1. The van der Waals surface area contributed by atoms with Crippen LogP contribution < -0.4 is 11.3 Å². The minimum Gasteiger partial charge on any atom is -0.493 e. The van der Waals surface area contributed by atoms with Crippen LogP contribution >= 0.6 is 0 Å². The van der Waals surface area contributed by atoms with Gasteiger partial charge in [-0.2, -0.15) is 0 Å². The first-order chi connectivity index (χ1) is 4.61. The van der Waals surface area contributed by atoms with Crippen LogP contribution in [0.3, 0.4) is 0 Å². The summed E-state index contributed by atoms with van der Waals surface area (Å²) in [7, 11) is 0. The number of nitrogen functional groups attached to an aromatic ring is 1. The third-order valence-electron chi connectivity index (χ3n) is 1.10. The molecule has 0 aromatic carbocycles. The van der Waals surface area contributed by atoms with Crippen molar-refractivity contribution in [3.05, 3.63) is 16.0 Å². The van der Waals surface area contributed by atoms with Crippen LogP contribution in [0, 0.1) is 6.92 Å². The van der Waals surface area contributed by atoms with Crippen LogP contribution in [-0.4, -0.2) is 15.1 Å². The molecule has 1 aromatic heterocycles. The second kappa shape index (κ2) is 2.02. The minimum absolute atomic E-state index is 0.129. The normalized spacial score (nSPS) is 9.70. The number of aromatic amines is 1. The van der Waals surface area contributed by atoms with Crippen LogP contribution in [0.4, 0.5) is 5.82 Å². The summed E-state index contributed by atoms with van der Waals surface area (Å²) >= 11 is 0. The number of nitrogens with two attached hydrogens (primary N) is 1. The van der Waals surface area contributed by atoms with Crippen molar-refractivity contribution < 1.29 is 5.11 Å². The lowest BCUT2D eigenvalue weighted by Gasteiger charge is -1.96. The first-order valence-electron chi connectivity index (χ1n) is 2.66. The summed E-state index contributed by atoms with van der Waals surface area (Å²) in [5, 5.41) is 8.85. The molecule has 1 heterocycles. The number of nitrogens with zero attached hydrogens (tertiary/aromatic N) is 1. The minimum atomic E-state index is -0.567. The van der Waals surface area contributed by atoms with Gasteiger partial charge >= 0.3 is 0 Å². The van der Waals surface area contributed by atoms with Gasteiger partial charge in [0.25, 0.3) is 5.56 Å². The lowest BCUT2D eigenvalue weighted by Crippen LogP contribution is -2.14. The van der Waals surface area contributed by atoms with E-state index in [-0.39, 0.29) is 11.7 Å². The van der Waals surface area contributed by atoms with Crippen molar-refractivity contribution in [2.24, 2.45) is 0 Å². The Morgan fingerprint density at radius 3 is 2.80 bits per heavy atom. The van der Waals surface area contributed by atoms with Gasteiger partial charge in [-0.1, -0.05) is 0 Å². The molecule has 0 atom stereocenters. The quantitative estimate of drug-likeness (QED) is 0.448. The fourth-order valence-corrected chi connectivity index (χ4v) is 0.546. The Labute approximate surface area is 56.5 Å². The zero-order chi connectivity index (χ0) is 7.72. The number of rotatable bonds is 0. The summed E-state index contributed by atoms with van der Waals surface area (Å²) in [6.07, 6.45) is 0. The van der Waals surface area contributed by atoms with E-state index in [1.54, 1.807) is 6.92 Å². The van der Waals surface area contributed by atoms with E-state index >= 15 is 0 Å². The zero-order valence-corrected chi connectivity index (χ0v) is 5.38. The molecule has 0 spiro atoms. The van der Waals surface area contributed by atoms with Gasteiger partial charge in [-0.3, -0.25) is 9.78 Å². The lowest BCUT2D eigenvalue weighted by atomic mass is 10.5. The molecule has 1 aromatic rings. The smallest absolute Gasteiger partial charge is 0.293 e. The first-order valence-corrected chi connectivity index (χ1v) is 2.66. The Balaban J connectivity index is 3.43. The summed E-state index contributed by atoms with van der Waals surface area (Å²) < 4.78 is 0. The van der Waals surface area contributed by atoms with Crippen LogP contribution in [0.5, 0.6) is 5.88 Å². The topological polar surface area (TPSA) is 92.0 Å². The maximum atomic E-state index is 10.6. The van der Waals surface area contributed by atoms with Crippen molar-refractivity contribution in [3.63, 3.8) is 0 Å². The monoisotopic (exact) mass is 141 g/mol. The second-order valence-corrected chi connectivity index (χ2v) is 1.89. The molecule has 0 saturated heterocycles.